The molecule has 2 rings (SSSR count). The van der Waals surface area contributed by atoms with Crippen LogP contribution < -0.4 is 9.47 Å². The number of oxime groups is 1. The molecular weight excluding hydrogens is 374 g/mol. The Labute approximate surface area is 181 Å². The maximum Gasteiger partial charge on any atom is 0.125 e. The minimum absolute atomic E-state index is 0.587. The lowest BCUT2D eigenvalue weighted by atomic mass is 10.0. The normalized spacial score (nSPS) is 11.7. The van der Waals surface area contributed by atoms with E-state index in [9.17, 15) is 0 Å². The largest absolute Gasteiger partial charge is 0.493 e. The van der Waals surface area contributed by atoms with Crippen LogP contribution in [0.25, 0.3) is 0 Å². The lowest BCUT2D eigenvalue weighted by molar-refractivity contribution is 0.213. The van der Waals surface area contributed by atoms with Crippen molar-refractivity contribution < 1.29 is 14.3 Å². The van der Waals surface area contributed by atoms with Crippen LogP contribution >= 0.6 is 0 Å². The van der Waals surface area contributed by atoms with Crippen molar-refractivity contribution in [2.45, 2.75) is 53.4 Å². The summed E-state index contributed by atoms with van der Waals surface area (Å²) in [6.07, 6.45) is 7.85. The predicted molar refractivity (Wildman–Crippen MR) is 125 cm³/mol. The van der Waals surface area contributed by atoms with Gasteiger partial charge in [-0.25, -0.2) is 0 Å². The lowest BCUT2D eigenvalue weighted by Gasteiger charge is -2.14. The molecule has 0 unspecified atom stereocenters. The van der Waals surface area contributed by atoms with Gasteiger partial charge >= 0.3 is 0 Å². The van der Waals surface area contributed by atoms with Crippen molar-refractivity contribution in [2.24, 2.45) is 5.16 Å². The van der Waals surface area contributed by atoms with Gasteiger partial charge < -0.3 is 14.3 Å². The minimum atomic E-state index is 0.587. The van der Waals surface area contributed by atoms with Gasteiger partial charge in [-0.05, 0) is 80.5 Å². The van der Waals surface area contributed by atoms with Crippen LogP contribution in [0.4, 0.5) is 0 Å². The van der Waals surface area contributed by atoms with Gasteiger partial charge in [-0.1, -0.05) is 48.9 Å². The second kappa shape index (κ2) is 12.7. The quantitative estimate of drug-likeness (QED) is 0.176. The summed E-state index contributed by atoms with van der Waals surface area (Å²) in [6, 6.07) is 12.6. The summed E-state index contributed by atoms with van der Waals surface area (Å²) in [6.45, 7) is 9.54. The average molecular weight is 410 g/mol. The summed E-state index contributed by atoms with van der Waals surface area (Å²) in [5, 5.41) is 4.19. The molecule has 2 aromatic rings. The number of nitrogens with zero attached hydrogens (tertiary/aromatic N) is 1. The number of hydrogen-bond donors (Lipinski definition) is 0. The molecule has 2 aromatic carbocycles. The van der Waals surface area contributed by atoms with Gasteiger partial charge in [0.25, 0.3) is 0 Å². The molecule has 0 aliphatic rings. The Morgan fingerprint density at radius 3 is 2.50 bits per heavy atom. The molecular formula is C26H35NO3. The zero-order valence-electron chi connectivity index (χ0n) is 19.0. The highest BCUT2D eigenvalue weighted by Gasteiger charge is 2.08. The van der Waals surface area contributed by atoms with Crippen LogP contribution in [-0.4, -0.2) is 26.0 Å². The molecule has 30 heavy (non-hydrogen) atoms. The molecule has 0 radical (unpaired) electrons. The molecule has 0 aliphatic heterocycles. The van der Waals surface area contributed by atoms with E-state index < -0.39 is 0 Å². The molecule has 0 heterocycles. The molecule has 0 atom stereocenters. The fraction of sp³-hybridized carbons (Fsp3) is 0.423. The van der Waals surface area contributed by atoms with Crippen molar-refractivity contribution in [3.63, 3.8) is 0 Å². The molecule has 4 nitrogen and oxygen atoms in total. The minimum Gasteiger partial charge on any atom is -0.493 e. The summed E-state index contributed by atoms with van der Waals surface area (Å²) in [4.78, 5) is 5.01. The number of rotatable bonds is 12. The van der Waals surface area contributed by atoms with E-state index in [0.717, 1.165) is 59.6 Å². The zero-order valence-corrected chi connectivity index (χ0v) is 19.0. The van der Waals surface area contributed by atoms with E-state index in [1.807, 2.05) is 31.2 Å². The molecule has 162 valence electrons. The van der Waals surface area contributed by atoms with Crippen molar-refractivity contribution >= 4 is 5.71 Å². The Bertz CT molecular complexity index is 832. The molecule has 0 aliphatic carbocycles. The summed E-state index contributed by atoms with van der Waals surface area (Å²) in [5.74, 6) is 1.84. The summed E-state index contributed by atoms with van der Waals surface area (Å²) in [5.41, 5.74) is 5.63. The Hall–Kier alpha value is -2.75. The molecule has 4 heteroatoms. The van der Waals surface area contributed by atoms with E-state index in [-0.39, 0.29) is 0 Å². The predicted octanol–water partition coefficient (Wildman–Crippen LogP) is 6.42. The number of aryl methyl sites for hydroxylation is 3. The third-order valence-corrected chi connectivity index (χ3v) is 4.82. The average Bonchev–Trinajstić information content (AvgIpc) is 2.73. The van der Waals surface area contributed by atoms with Crippen LogP contribution in [0.1, 0.15) is 55.4 Å². The van der Waals surface area contributed by atoms with Crippen LogP contribution in [0.5, 0.6) is 11.5 Å². The first-order chi connectivity index (χ1) is 14.6. The SMILES string of the molecule is C/C=C/COc1cc(C)c(OCCCc2cccc(C(CCC)=NOC)c2)c(C)c1. The first-order valence-corrected chi connectivity index (χ1v) is 10.8. The van der Waals surface area contributed by atoms with Crippen LogP contribution in [0.15, 0.2) is 53.7 Å². The molecule has 0 spiro atoms. The van der Waals surface area contributed by atoms with Gasteiger partial charge in [0.05, 0.1) is 12.3 Å². The van der Waals surface area contributed by atoms with E-state index in [1.165, 1.54) is 5.56 Å². The van der Waals surface area contributed by atoms with Crippen molar-refractivity contribution in [1.82, 2.24) is 0 Å². The number of ether oxygens (including phenoxy) is 2. The maximum absolute atomic E-state index is 6.11. The van der Waals surface area contributed by atoms with E-state index in [0.29, 0.717) is 13.2 Å². The highest BCUT2D eigenvalue weighted by molar-refractivity contribution is 6.00. The van der Waals surface area contributed by atoms with E-state index in [4.69, 9.17) is 14.3 Å². The molecule has 0 bridgehead atoms. The van der Waals surface area contributed by atoms with Crippen molar-refractivity contribution in [2.75, 3.05) is 20.3 Å². The Kier molecular flexibility index (Phi) is 9.99. The van der Waals surface area contributed by atoms with Gasteiger partial charge in [-0.2, -0.15) is 0 Å². The molecule has 0 saturated carbocycles. The van der Waals surface area contributed by atoms with E-state index in [2.05, 4.69) is 50.2 Å². The topological polar surface area (TPSA) is 40.0 Å². The Balaban J connectivity index is 1.92. The van der Waals surface area contributed by atoms with Crippen molar-refractivity contribution in [3.8, 4) is 11.5 Å². The highest BCUT2D eigenvalue weighted by Crippen LogP contribution is 2.28. The third kappa shape index (κ3) is 7.25. The summed E-state index contributed by atoms with van der Waals surface area (Å²) in [7, 11) is 1.60. The lowest BCUT2D eigenvalue weighted by Crippen LogP contribution is -2.05. The van der Waals surface area contributed by atoms with Gasteiger partial charge in [0, 0.05) is 0 Å². The summed E-state index contributed by atoms with van der Waals surface area (Å²) < 4.78 is 11.9. The highest BCUT2D eigenvalue weighted by atomic mass is 16.6. The summed E-state index contributed by atoms with van der Waals surface area (Å²) >= 11 is 0. The molecule has 0 N–H and O–H groups in total. The maximum atomic E-state index is 6.11. The molecule has 0 fully saturated rings. The first-order valence-electron chi connectivity index (χ1n) is 10.8. The van der Waals surface area contributed by atoms with E-state index in [1.54, 1.807) is 7.11 Å². The second-order valence-corrected chi connectivity index (χ2v) is 7.39. The zero-order chi connectivity index (χ0) is 21.8. The van der Waals surface area contributed by atoms with Gasteiger partial charge in [0.2, 0.25) is 0 Å². The van der Waals surface area contributed by atoms with Crippen molar-refractivity contribution in [3.05, 3.63) is 70.8 Å². The first kappa shape index (κ1) is 23.5. The van der Waals surface area contributed by atoms with Crippen LogP contribution in [0.3, 0.4) is 0 Å². The fourth-order valence-corrected chi connectivity index (χ4v) is 3.41. The van der Waals surface area contributed by atoms with Gasteiger partial charge in [0.15, 0.2) is 0 Å². The van der Waals surface area contributed by atoms with Gasteiger partial charge in [-0.15, -0.1) is 0 Å². The van der Waals surface area contributed by atoms with Crippen LogP contribution in [-0.2, 0) is 11.3 Å². The second-order valence-electron chi connectivity index (χ2n) is 7.39. The molecule has 0 amide bonds. The van der Waals surface area contributed by atoms with E-state index >= 15 is 0 Å². The van der Waals surface area contributed by atoms with Gasteiger partial charge in [-0.3, -0.25) is 0 Å². The standard InChI is InChI=1S/C26H35NO3/c1-6-8-15-29-24-17-20(3)26(21(4)18-24)30-16-10-13-22-12-9-14-23(19-22)25(11-7-2)27-28-5/h6,8-9,12,14,17-19H,7,10-11,13,15-16H2,1-5H3/b8-6+,27-25?. The monoisotopic (exact) mass is 409 g/mol. The van der Waals surface area contributed by atoms with Crippen LogP contribution in [0, 0.1) is 13.8 Å². The molecule has 0 saturated heterocycles. The molecule has 0 aromatic heterocycles. The smallest absolute Gasteiger partial charge is 0.125 e. The number of hydrogen-bond acceptors (Lipinski definition) is 4. The van der Waals surface area contributed by atoms with Crippen molar-refractivity contribution in [1.29, 1.82) is 0 Å². The van der Waals surface area contributed by atoms with Crippen LogP contribution in [0.2, 0.25) is 0 Å². The third-order valence-electron chi connectivity index (χ3n) is 4.82. The van der Waals surface area contributed by atoms with Gasteiger partial charge in [0.1, 0.15) is 25.2 Å². The number of allylic oxidation sites excluding steroid dienone is 1. The number of benzene rings is 2. The Morgan fingerprint density at radius 1 is 1.07 bits per heavy atom. The fourth-order valence-electron chi connectivity index (χ4n) is 3.41. The Morgan fingerprint density at radius 2 is 1.83 bits per heavy atom.